The van der Waals surface area contributed by atoms with Crippen molar-refractivity contribution in [2.45, 2.75) is 108 Å². The van der Waals surface area contributed by atoms with Gasteiger partial charge in [-0.25, -0.2) is 4.79 Å². The standard InChI is InChI=1S/C46H57Cl2F3N4O5/c1-29(28-59-39-12-17-52-38-11-6-8-30(2)41(38)39)22-33-23-32-24-37(48)40(60-31(3)27-54-20-18-53(4)19-21-54)26-36(32)44(33)13-15-45(16-14-44,43(57)58-5)55(42(56)46(49,50)51)35-10-7-9-34(47)25-35/h7,9-10,12,17,24-26,29-31,33H,6,8,11,13-16,18-23,27-28H2,1-5H3/t29-,30-,31?,33+,44?,45?/m1/s1. The predicted octanol–water partition coefficient (Wildman–Crippen LogP) is 9.44. The normalized spacial score (nSPS) is 25.6. The highest BCUT2D eigenvalue weighted by atomic mass is 35.5. The van der Waals surface area contributed by atoms with Gasteiger partial charge in [-0.05, 0) is 142 Å². The van der Waals surface area contributed by atoms with Gasteiger partial charge < -0.3 is 19.1 Å². The summed E-state index contributed by atoms with van der Waals surface area (Å²) in [5.74, 6) is -1.14. The molecule has 3 aromatic rings. The summed E-state index contributed by atoms with van der Waals surface area (Å²) >= 11 is 13.3. The Hall–Kier alpha value is -3.58. The number of hydrogen-bond acceptors (Lipinski definition) is 8. The number of aromatic nitrogens is 1. The molecule has 2 fully saturated rings. The summed E-state index contributed by atoms with van der Waals surface area (Å²) in [7, 11) is 3.27. The largest absolute Gasteiger partial charge is 0.493 e. The molecule has 1 aromatic heterocycles. The lowest BCUT2D eigenvalue weighted by Gasteiger charge is -2.51. The van der Waals surface area contributed by atoms with Crippen LogP contribution in [0.3, 0.4) is 0 Å². The first kappa shape index (κ1) is 44.5. The minimum Gasteiger partial charge on any atom is -0.493 e. The summed E-state index contributed by atoms with van der Waals surface area (Å²) < 4.78 is 62.0. The summed E-state index contributed by atoms with van der Waals surface area (Å²) in [5.41, 5.74) is 1.73. The van der Waals surface area contributed by atoms with E-state index < -0.39 is 29.0 Å². The Morgan fingerprint density at radius 2 is 1.75 bits per heavy atom. The Morgan fingerprint density at radius 3 is 2.43 bits per heavy atom. The molecule has 326 valence electrons. The first-order chi connectivity index (χ1) is 28.5. The Kier molecular flexibility index (Phi) is 13.4. The molecule has 60 heavy (non-hydrogen) atoms. The molecule has 1 amide bonds. The first-order valence-electron chi connectivity index (χ1n) is 21.3. The van der Waals surface area contributed by atoms with E-state index >= 15 is 0 Å². The summed E-state index contributed by atoms with van der Waals surface area (Å²) in [6, 6.07) is 11.6. The summed E-state index contributed by atoms with van der Waals surface area (Å²) in [6.45, 7) is 11.5. The van der Waals surface area contributed by atoms with Gasteiger partial charge in [0.25, 0.3) is 0 Å². The monoisotopic (exact) mass is 872 g/mol. The lowest BCUT2D eigenvalue weighted by molar-refractivity contribution is -0.174. The van der Waals surface area contributed by atoms with Crippen molar-refractivity contribution in [2.24, 2.45) is 11.8 Å². The van der Waals surface area contributed by atoms with Crippen LogP contribution in [0, 0.1) is 11.8 Å². The number of ether oxygens (including phenoxy) is 3. The van der Waals surface area contributed by atoms with Gasteiger partial charge in [0.1, 0.15) is 23.1 Å². The van der Waals surface area contributed by atoms with Crippen LogP contribution in [0.1, 0.15) is 94.0 Å². The number of pyridine rings is 1. The molecule has 1 aliphatic heterocycles. The number of carbonyl (C=O) groups is 2. The third kappa shape index (κ3) is 8.99. The third-order valence-electron chi connectivity index (χ3n) is 13.6. The maximum Gasteiger partial charge on any atom is 0.471 e. The second-order valence-electron chi connectivity index (χ2n) is 17.8. The van der Waals surface area contributed by atoms with Gasteiger partial charge in [0, 0.05) is 60.9 Å². The Bertz CT molecular complexity index is 2030. The number of fused-ring (bicyclic) bond motifs is 3. The number of anilines is 1. The Labute approximate surface area is 361 Å². The van der Waals surface area contributed by atoms with Crippen molar-refractivity contribution < 1.29 is 37.0 Å². The lowest BCUT2D eigenvalue weighted by Crippen LogP contribution is -2.63. The van der Waals surface area contributed by atoms with E-state index in [2.05, 4.69) is 35.7 Å². The molecule has 1 spiro atoms. The van der Waals surface area contributed by atoms with Crippen molar-refractivity contribution in [3.05, 3.63) is 81.1 Å². The van der Waals surface area contributed by atoms with E-state index in [1.54, 1.807) is 0 Å². The number of amides is 1. The molecule has 7 rings (SSSR count). The molecule has 0 radical (unpaired) electrons. The maximum absolute atomic E-state index is 14.5. The van der Waals surface area contributed by atoms with Crippen molar-refractivity contribution in [2.75, 3.05) is 58.4 Å². The average Bonchev–Trinajstić information content (AvgIpc) is 3.48. The van der Waals surface area contributed by atoms with E-state index in [1.165, 1.54) is 29.8 Å². The molecular weight excluding hydrogens is 816 g/mol. The second kappa shape index (κ2) is 18.0. The van der Waals surface area contributed by atoms with Gasteiger partial charge in [-0.3, -0.25) is 19.6 Å². The van der Waals surface area contributed by atoms with Crippen LogP contribution in [-0.4, -0.2) is 98.0 Å². The van der Waals surface area contributed by atoms with Crippen molar-refractivity contribution in [3.63, 3.8) is 0 Å². The number of methoxy groups -OCH3 is 1. The number of aryl methyl sites for hydroxylation is 1. The minimum atomic E-state index is -5.27. The quantitative estimate of drug-likeness (QED) is 0.167. The van der Waals surface area contributed by atoms with E-state index in [0.717, 1.165) is 88.1 Å². The molecule has 3 aliphatic carbocycles. The van der Waals surface area contributed by atoms with Gasteiger partial charge in [0.05, 0.1) is 18.7 Å². The van der Waals surface area contributed by atoms with Gasteiger partial charge >= 0.3 is 18.1 Å². The number of piperazine rings is 1. The van der Waals surface area contributed by atoms with E-state index in [0.29, 0.717) is 47.5 Å². The van der Waals surface area contributed by atoms with Crippen LogP contribution >= 0.6 is 23.2 Å². The molecule has 4 atom stereocenters. The molecule has 9 nitrogen and oxygen atoms in total. The number of alkyl halides is 3. The fourth-order valence-electron chi connectivity index (χ4n) is 10.6. The van der Waals surface area contributed by atoms with E-state index in [-0.39, 0.29) is 41.5 Å². The summed E-state index contributed by atoms with van der Waals surface area (Å²) in [5, 5.41) is 0.638. The number of nitrogens with zero attached hydrogens (tertiary/aromatic N) is 4. The maximum atomic E-state index is 14.5. The highest BCUT2D eigenvalue weighted by Gasteiger charge is 2.60. The van der Waals surface area contributed by atoms with Crippen molar-refractivity contribution in [1.82, 2.24) is 14.8 Å². The average molecular weight is 874 g/mol. The fourth-order valence-corrected chi connectivity index (χ4v) is 11.0. The van der Waals surface area contributed by atoms with Crippen molar-refractivity contribution in [3.8, 4) is 11.5 Å². The zero-order valence-corrected chi connectivity index (χ0v) is 36.8. The number of carbonyl (C=O) groups excluding carboxylic acids is 2. The van der Waals surface area contributed by atoms with E-state index in [9.17, 15) is 22.8 Å². The number of benzene rings is 2. The molecule has 1 saturated heterocycles. The molecule has 4 aliphatic rings. The molecule has 0 bridgehead atoms. The molecule has 2 aromatic carbocycles. The van der Waals surface area contributed by atoms with Gasteiger partial charge in [0.2, 0.25) is 0 Å². The molecule has 0 N–H and O–H groups in total. The van der Waals surface area contributed by atoms with Crippen LogP contribution in [0.5, 0.6) is 11.5 Å². The number of esters is 1. The molecule has 2 heterocycles. The van der Waals surface area contributed by atoms with Crippen molar-refractivity contribution in [1.29, 1.82) is 0 Å². The van der Waals surface area contributed by atoms with Crippen LogP contribution in [0.2, 0.25) is 10.0 Å². The van der Waals surface area contributed by atoms with Crippen molar-refractivity contribution >= 4 is 40.8 Å². The van der Waals surface area contributed by atoms with Crippen LogP contribution in [0.4, 0.5) is 18.9 Å². The first-order valence-corrected chi connectivity index (χ1v) is 22.1. The third-order valence-corrected chi connectivity index (χ3v) is 14.2. The van der Waals surface area contributed by atoms with Crippen LogP contribution < -0.4 is 14.4 Å². The number of halogens is 5. The molecule has 14 heteroatoms. The fraction of sp³-hybridized carbons (Fsp3) is 0.587. The van der Waals surface area contributed by atoms with Crippen LogP contribution in [-0.2, 0) is 32.6 Å². The zero-order valence-electron chi connectivity index (χ0n) is 35.3. The predicted molar refractivity (Wildman–Crippen MR) is 227 cm³/mol. The topological polar surface area (TPSA) is 84.4 Å². The summed E-state index contributed by atoms with van der Waals surface area (Å²) in [4.78, 5) is 37.4. The van der Waals surface area contributed by atoms with Gasteiger partial charge in [-0.2, -0.15) is 13.2 Å². The molecular formula is C46H57Cl2F3N4O5. The minimum absolute atomic E-state index is 0.0269. The Balaban J connectivity index is 1.21. The number of rotatable bonds is 12. The molecule has 1 unspecified atom stereocenters. The van der Waals surface area contributed by atoms with E-state index in [4.69, 9.17) is 37.4 Å². The second-order valence-corrected chi connectivity index (χ2v) is 18.6. The molecule has 1 saturated carbocycles. The smallest absolute Gasteiger partial charge is 0.471 e. The SMILES string of the molecule is COC(=O)C1(N(C(=O)C(F)(F)F)c2cccc(Cl)c2)CCC2(CC1)c1cc(OC(C)CN3CCN(C)CC3)c(Cl)cc1C[C@@H]2C[C@@H](C)COc1ccnc2c1[C@H](C)CCC2. The number of hydrogen-bond donors (Lipinski definition) is 0. The highest BCUT2D eigenvalue weighted by molar-refractivity contribution is 6.32. The van der Waals surface area contributed by atoms with Gasteiger partial charge in [-0.1, -0.05) is 43.1 Å². The lowest BCUT2D eigenvalue weighted by atomic mass is 9.59. The number of likely N-dealkylation sites (N-methyl/N-ethyl adjacent to an activating group) is 1. The van der Waals surface area contributed by atoms with Gasteiger partial charge in [0.15, 0.2) is 0 Å². The highest BCUT2D eigenvalue weighted by Crippen LogP contribution is 2.58. The summed E-state index contributed by atoms with van der Waals surface area (Å²) in [6.07, 6.45) is 1.42. The van der Waals surface area contributed by atoms with Crippen LogP contribution in [0.25, 0.3) is 0 Å². The van der Waals surface area contributed by atoms with Crippen LogP contribution in [0.15, 0.2) is 48.7 Å². The zero-order chi connectivity index (χ0) is 43.0. The Morgan fingerprint density at radius 1 is 1.02 bits per heavy atom. The van der Waals surface area contributed by atoms with E-state index in [1.807, 2.05) is 31.3 Å². The van der Waals surface area contributed by atoms with Gasteiger partial charge in [-0.15, -0.1) is 0 Å².